The van der Waals surface area contributed by atoms with Crippen LogP contribution in [0.4, 0.5) is 5.69 Å². The molecule has 0 saturated carbocycles. The number of amides is 1. The Hall–Kier alpha value is -1.55. The second-order valence-corrected chi connectivity index (χ2v) is 5.97. The fraction of sp³-hybridized carbons (Fsp3) is 0.429. The van der Waals surface area contributed by atoms with Crippen molar-refractivity contribution in [1.82, 2.24) is 0 Å². The number of rotatable bonds is 3. The molecule has 1 amide bonds. The van der Waals surface area contributed by atoms with Crippen molar-refractivity contribution < 1.29 is 14.7 Å². The van der Waals surface area contributed by atoms with Crippen LogP contribution in [-0.4, -0.2) is 17.0 Å². The SMILES string of the molecule is Cc1cccc(Cl)c1NC(=O)C(C(=O)O)C(C)(C)C. The monoisotopic (exact) mass is 283 g/mol. The zero-order valence-electron chi connectivity index (χ0n) is 11.5. The minimum Gasteiger partial charge on any atom is -0.481 e. The van der Waals surface area contributed by atoms with E-state index < -0.39 is 23.2 Å². The number of carbonyl (C=O) groups is 2. The van der Waals surface area contributed by atoms with E-state index in [4.69, 9.17) is 11.6 Å². The van der Waals surface area contributed by atoms with Crippen LogP contribution in [0.15, 0.2) is 18.2 Å². The maximum absolute atomic E-state index is 12.2. The van der Waals surface area contributed by atoms with Gasteiger partial charge in [-0.15, -0.1) is 0 Å². The molecule has 104 valence electrons. The van der Waals surface area contributed by atoms with Crippen molar-refractivity contribution in [2.24, 2.45) is 11.3 Å². The Bertz CT molecular complexity index is 486. The minimum atomic E-state index is -1.14. The fourth-order valence-electron chi connectivity index (χ4n) is 1.86. The third-order valence-corrected chi connectivity index (χ3v) is 3.16. The first-order valence-electron chi connectivity index (χ1n) is 5.93. The lowest BCUT2D eigenvalue weighted by atomic mass is 9.80. The standard InChI is InChI=1S/C14H18ClNO3/c1-8-6-5-7-9(15)11(8)16-12(17)10(13(18)19)14(2,3)4/h5-7,10H,1-4H3,(H,16,17)(H,18,19). The van der Waals surface area contributed by atoms with E-state index in [9.17, 15) is 14.7 Å². The van der Waals surface area contributed by atoms with Crippen LogP contribution in [0.2, 0.25) is 5.02 Å². The summed E-state index contributed by atoms with van der Waals surface area (Å²) in [5.74, 6) is -2.84. The fourth-order valence-corrected chi connectivity index (χ4v) is 2.13. The second-order valence-electron chi connectivity index (χ2n) is 5.56. The topological polar surface area (TPSA) is 66.4 Å². The molecule has 0 heterocycles. The molecule has 1 aromatic rings. The van der Waals surface area contributed by atoms with Gasteiger partial charge in [0.15, 0.2) is 0 Å². The van der Waals surface area contributed by atoms with Crippen LogP contribution in [0, 0.1) is 18.3 Å². The van der Waals surface area contributed by atoms with Crippen molar-refractivity contribution in [2.45, 2.75) is 27.7 Å². The molecular weight excluding hydrogens is 266 g/mol. The molecule has 0 fully saturated rings. The molecule has 0 spiro atoms. The van der Waals surface area contributed by atoms with E-state index in [0.717, 1.165) is 5.56 Å². The molecule has 19 heavy (non-hydrogen) atoms. The highest BCUT2D eigenvalue weighted by Crippen LogP contribution is 2.30. The van der Waals surface area contributed by atoms with Gasteiger partial charge in [0.2, 0.25) is 5.91 Å². The van der Waals surface area contributed by atoms with Crippen LogP contribution >= 0.6 is 11.6 Å². The Morgan fingerprint density at radius 1 is 1.32 bits per heavy atom. The predicted molar refractivity (Wildman–Crippen MR) is 75.4 cm³/mol. The quantitative estimate of drug-likeness (QED) is 0.836. The number of benzene rings is 1. The van der Waals surface area contributed by atoms with E-state index >= 15 is 0 Å². The van der Waals surface area contributed by atoms with Crippen LogP contribution < -0.4 is 5.32 Å². The first kappa shape index (κ1) is 15.5. The molecule has 0 aromatic heterocycles. The smallest absolute Gasteiger partial charge is 0.316 e. The van der Waals surface area contributed by atoms with Crippen molar-refractivity contribution in [1.29, 1.82) is 0 Å². The van der Waals surface area contributed by atoms with E-state index in [1.165, 1.54) is 0 Å². The normalized spacial score (nSPS) is 12.9. The molecule has 0 aliphatic heterocycles. The Morgan fingerprint density at radius 2 is 1.89 bits per heavy atom. The van der Waals surface area contributed by atoms with E-state index in [-0.39, 0.29) is 0 Å². The number of carbonyl (C=O) groups excluding carboxylic acids is 1. The zero-order chi connectivity index (χ0) is 14.8. The molecule has 0 aliphatic rings. The van der Waals surface area contributed by atoms with E-state index in [0.29, 0.717) is 10.7 Å². The number of anilines is 1. The Balaban J connectivity index is 3.05. The molecule has 2 N–H and O–H groups in total. The summed E-state index contributed by atoms with van der Waals surface area (Å²) >= 11 is 6.01. The van der Waals surface area contributed by atoms with Gasteiger partial charge in [0.05, 0.1) is 10.7 Å². The molecule has 1 aromatic carbocycles. The van der Waals surface area contributed by atoms with Crippen molar-refractivity contribution in [3.05, 3.63) is 28.8 Å². The summed E-state index contributed by atoms with van der Waals surface area (Å²) in [5, 5.41) is 12.2. The first-order chi connectivity index (χ1) is 8.64. The number of hydrogen-bond donors (Lipinski definition) is 2. The summed E-state index contributed by atoms with van der Waals surface area (Å²) in [7, 11) is 0. The van der Waals surface area contributed by atoms with Crippen molar-refractivity contribution in [2.75, 3.05) is 5.32 Å². The summed E-state index contributed by atoms with van der Waals surface area (Å²) in [6, 6.07) is 5.22. The highest BCUT2D eigenvalue weighted by molar-refractivity contribution is 6.34. The third-order valence-electron chi connectivity index (χ3n) is 2.85. The highest BCUT2D eigenvalue weighted by atomic mass is 35.5. The third kappa shape index (κ3) is 3.70. The Labute approximate surface area is 117 Å². The van der Waals surface area contributed by atoms with Gasteiger partial charge in [-0.2, -0.15) is 0 Å². The lowest BCUT2D eigenvalue weighted by molar-refractivity contribution is -0.149. The second kappa shape index (κ2) is 5.61. The van der Waals surface area contributed by atoms with Gasteiger partial charge in [0, 0.05) is 0 Å². The Morgan fingerprint density at radius 3 is 2.32 bits per heavy atom. The maximum Gasteiger partial charge on any atom is 0.316 e. The number of nitrogens with one attached hydrogen (secondary N) is 1. The number of carboxylic acid groups (broad SMARTS) is 1. The van der Waals surface area contributed by atoms with Crippen LogP contribution in [-0.2, 0) is 9.59 Å². The Kier molecular flexibility index (Phi) is 4.58. The average molecular weight is 284 g/mol. The van der Waals surface area contributed by atoms with Crippen molar-refractivity contribution in [3.63, 3.8) is 0 Å². The lowest BCUT2D eigenvalue weighted by Crippen LogP contribution is -2.39. The van der Waals surface area contributed by atoms with Crippen LogP contribution in [0.3, 0.4) is 0 Å². The average Bonchev–Trinajstić information content (AvgIpc) is 2.21. The molecule has 1 unspecified atom stereocenters. The molecule has 0 bridgehead atoms. The number of para-hydroxylation sites is 1. The number of carboxylic acids is 1. The van der Waals surface area contributed by atoms with E-state index in [2.05, 4.69) is 5.32 Å². The summed E-state index contributed by atoms with van der Waals surface area (Å²) in [5.41, 5.74) is 0.578. The molecule has 0 saturated heterocycles. The lowest BCUT2D eigenvalue weighted by Gasteiger charge is -2.26. The molecule has 1 atom stereocenters. The summed E-state index contributed by atoms with van der Waals surface area (Å²) in [4.78, 5) is 23.4. The summed E-state index contributed by atoms with van der Waals surface area (Å²) in [6.07, 6.45) is 0. The van der Waals surface area contributed by atoms with Crippen molar-refractivity contribution in [3.8, 4) is 0 Å². The number of halogens is 1. The van der Waals surface area contributed by atoms with Crippen molar-refractivity contribution >= 4 is 29.2 Å². The largest absolute Gasteiger partial charge is 0.481 e. The molecule has 5 heteroatoms. The maximum atomic E-state index is 12.2. The highest BCUT2D eigenvalue weighted by Gasteiger charge is 2.38. The van der Waals surface area contributed by atoms with Gasteiger partial charge in [-0.05, 0) is 24.0 Å². The first-order valence-corrected chi connectivity index (χ1v) is 6.31. The van der Waals surface area contributed by atoms with Gasteiger partial charge >= 0.3 is 5.97 Å². The molecule has 0 aliphatic carbocycles. The van der Waals surface area contributed by atoms with E-state index in [1.54, 1.807) is 45.9 Å². The minimum absolute atomic E-state index is 0.395. The van der Waals surface area contributed by atoms with Crippen LogP contribution in [0.1, 0.15) is 26.3 Å². The number of aryl methyl sites for hydroxylation is 1. The number of hydrogen-bond acceptors (Lipinski definition) is 2. The van der Waals surface area contributed by atoms with Crippen LogP contribution in [0.5, 0.6) is 0 Å². The van der Waals surface area contributed by atoms with Gasteiger partial charge < -0.3 is 10.4 Å². The van der Waals surface area contributed by atoms with Gasteiger partial charge in [0.1, 0.15) is 5.92 Å². The van der Waals surface area contributed by atoms with Gasteiger partial charge in [-0.3, -0.25) is 9.59 Å². The van der Waals surface area contributed by atoms with E-state index in [1.807, 2.05) is 0 Å². The van der Waals surface area contributed by atoms with Crippen LogP contribution in [0.25, 0.3) is 0 Å². The van der Waals surface area contributed by atoms with Gasteiger partial charge in [0.25, 0.3) is 0 Å². The molecule has 4 nitrogen and oxygen atoms in total. The van der Waals surface area contributed by atoms with Gasteiger partial charge in [-0.1, -0.05) is 44.5 Å². The molecule has 1 rings (SSSR count). The summed E-state index contributed by atoms with van der Waals surface area (Å²) < 4.78 is 0. The predicted octanol–water partition coefficient (Wildman–Crippen LogP) is 3.33. The molecular formula is C14H18ClNO3. The molecule has 0 radical (unpaired) electrons. The zero-order valence-corrected chi connectivity index (χ0v) is 12.2. The van der Waals surface area contributed by atoms with Gasteiger partial charge in [-0.25, -0.2) is 0 Å². The summed E-state index contributed by atoms with van der Waals surface area (Å²) in [6.45, 7) is 6.94. The number of aliphatic carboxylic acids is 1.